The highest BCUT2D eigenvalue weighted by Gasteiger charge is 2.34. The van der Waals surface area contributed by atoms with Crippen molar-refractivity contribution < 1.29 is 14.7 Å². The summed E-state index contributed by atoms with van der Waals surface area (Å²) in [5, 5.41) is 16.3. The van der Waals surface area contributed by atoms with E-state index in [1.165, 1.54) is 0 Å². The Bertz CT molecular complexity index is 549. The van der Waals surface area contributed by atoms with Crippen LogP contribution in [-0.4, -0.2) is 50.3 Å². The fraction of sp³-hybridized carbons (Fsp3) is 0.643. The maximum atomic E-state index is 12.2. The largest absolute Gasteiger partial charge is 0.480 e. The monoisotopic (exact) mass is 296 g/mol. The first-order valence-electron chi connectivity index (χ1n) is 6.89. The maximum absolute atomic E-state index is 12.2. The van der Waals surface area contributed by atoms with E-state index in [0.29, 0.717) is 12.2 Å². The van der Waals surface area contributed by atoms with Crippen LogP contribution < -0.4 is 5.32 Å². The Kier molecular flexibility index (Phi) is 5.11. The highest BCUT2D eigenvalue weighted by Crippen LogP contribution is 2.19. The number of nitrogens with one attached hydrogen (secondary N) is 1. The van der Waals surface area contributed by atoms with Gasteiger partial charge in [-0.1, -0.05) is 6.92 Å². The van der Waals surface area contributed by atoms with Gasteiger partial charge in [0.15, 0.2) is 0 Å². The minimum atomic E-state index is -1.09. The lowest BCUT2D eigenvalue weighted by molar-refractivity contribution is -0.149. The second-order valence-electron chi connectivity index (χ2n) is 5.60. The number of likely N-dealkylation sites (N-methyl/N-ethyl adjacent to an activating group) is 1. The van der Waals surface area contributed by atoms with Crippen LogP contribution >= 0.6 is 0 Å². The van der Waals surface area contributed by atoms with Crippen molar-refractivity contribution >= 4 is 17.6 Å². The number of nitrogens with zero attached hydrogens (tertiary/aromatic N) is 3. The summed E-state index contributed by atoms with van der Waals surface area (Å²) in [5.74, 6) is -1.20. The molecule has 7 heteroatoms. The van der Waals surface area contributed by atoms with Gasteiger partial charge < -0.3 is 10.4 Å². The Hall–Kier alpha value is -1.89. The lowest BCUT2D eigenvalue weighted by atomic mass is 10.0. The number of hydrogen-bond donors (Lipinski definition) is 2. The fourth-order valence-corrected chi connectivity index (χ4v) is 2.15. The van der Waals surface area contributed by atoms with E-state index in [1.54, 1.807) is 23.4 Å². The standard InChI is InChI=1S/C14H24N4O3/c1-7-18(14(4,5)13(20)21)8-11(19)15-12-9(2)16-17(6)10(12)3/h7-8H2,1-6H3,(H,15,19)(H,20,21). The molecule has 0 bridgehead atoms. The SMILES string of the molecule is CCN(CC(=O)Nc1c(C)nn(C)c1C)C(C)(C)C(=O)O. The third kappa shape index (κ3) is 3.60. The van der Waals surface area contributed by atoms with Crippen LogP contribution in [0.25, 0.3) is 0 Å². The van der Waals surface area contributed by atoms with Crippen LogP contribution in [-0.2, 0) is 16.6 Å². The molecule has 1 aromatic heterocycles. The average Bonchev–Trinajstić information content (AvgIpc) is 2.62. The number of amides is 1. The molecule has 0 fully saturated rings. The van der Waals surface area contributed by atoms with Crippen LogP contribution in [0.4, 0.5) is 5.69 Å². The molecule has 1 amide bonds. The average molecular weight is 296 g/mol. The van der Waals surface area contributed by atoms with E-state index in [2.05, 4.69) is 10.4 Å². The zero-order valence-corrected chi connectivity index (χ0v) is 13.5. The molecule has 2 N–H and O–H groups in total. The molecule has 0 saturated carbocycles. The molecule has 0 unspecified atom stereocenters. The van der Waals surface area contributed by atoms with Crippen LogP contribution in [0, 0.1) is 13.8 Å². The van der Waals surface area contributed by atoms with Crippen molar-refractivity contribution in [2.75, 3.05) is 18.4 Å². The van der Waals surface area contributed by atoms with Gasteiger partial charge in [-0.05, 0) is 34.2 Å². The summed E-state index contributed by atoms with van der Waals surface area (Å²) in [6.45, 7) is 9.19. The van der Waals surface area contributed by atoms with Gasteiger partial charge in [-0.3, -0.25) is 19.2 Å². The topological polar surface area (TPSA) is 87.5 Å². The molecule has 7 nitrogen and oxygen atoms in total. The molecule has 118 valence electrons. The molecule has 0 aliphatic rings. The van der Waals surface area contributed by atoms with E-state index in [9.17, 15) is 14.7 Å². The molecule has 0 radical (unpaired) electrons. The Balaban J connectivity index is 2.83. The lowest BCUT2D eigenvalue weighted by Gasteiger charge is -2.33. The fourth-order valence-electron chi connectivity index (χ4n) is 2.15. The van der Waals surface area contributed by atoms with Crippen molar-refractivity contribution in [2.24, 2.45) is 7.05 Å². The van der Waals surface area contributed by atoms with Crippen molar-refractivity contribution in [2.45, 2.75) is 40.2 Å². The van der Waals surface area contributed by atoms with Gasteiger partial charge >= 0.3 is 5.97 Å². The van der Waals surface area contributed by atoms with Gasteiger partial charge in [0.1, 0.15) is 5.54 Å². The van der Waals surface area contributed by atoms with Crippen LogP contribution in [0.2, 0.25) is 0 Å². The Morgan fingerprint density at radius 1 is 1.38 bits per heavy atom. The molecule has 0 atom stereocenters. The molecular formula is C14H24N4O3. The Morgan fingerprint density at radius 2 is 1.95 bits per heavy atom. The maximum Gasteiger partial charge on any atom is 0.323 e. The molecule has 21 heavy (non-hydrogen) atoms. The highest BCUT2D eigenvalue weighted by atomic mass is 16.4. The first kappa shape index (κ1) is 17.2. The minimum absolute atomic E-state index is 0.0174. The van der Waals surface area contributed by atoms with Crippen LogP contribution in [0.1, 0.15) is 32.2 Å². The van der Waals surface area contributed by atoms with E-state index in [4.69, 9.17) is 0 Å². The number of carbonyl (C=O) groups is 2. The van der Waals surface area contributed by atoms with E-state index < -0.39 is 11.5 Å². The van der Waals surface area contributed by atoms with E-state index in [1.807, 2.05) is 27.8 Å². The third-order valence-electron chi connectivity index (χ3n) is 3.80. The first-order chi connectivity index (χ1) is 9.61. The van der Waals surface area contributed by atoms with E-state index >= 15 is 0 Å². The normalized spacial score (nSPS) is 11.8. The predicted octanol–water partition coefficient (Wildman–Crippen LogP) is 1.16. The summed E-state index contributed by atoms with van der Waals surface area (Å²) in [5.41, 5.74) is 1.20. The van der Waals surface area contributed by atoms with Crippen molar-refractivity contribution in [3.63, 3.8) is 0 Å². The minimum Gasteiger partial charge on any atom is -0.480 e. The number of carboxylic acids is 1. The van der Waals surface area contributed by atoms with Crippen LogP contribution in [0.5, 0.6) is 0 Å². The van der Waals surface area contributed by atoms with Gasteiger partial charge in [0.05, 0.1) is 23.6 Å². The first-order valence-corrected chi connectivity index (χ1v) is 6.89. The van der Waals surface area contributed by atoms with E-state index in [0.717, 1.165) is 11.4 Å². The molecule has 0 saturated heterocycles. The summed E-state index contributed by atoms with van der Waals surface area (Å²) in [7, 11) is 1.81. The summed E-state index contributed by atoms with van der Waals surface area (Å²) in [4.78, 5) is 25.1. The van der Waals surface area contributed by atoms with Crippen LogP contribution in [0.15, 0.2) is 0 Å². The highest BCUT2D eigenvalue weighted by molar-refractivity contribution is 5.93. The van der Waals surface area contributed by atoms with Crippen molar-refractivity contribution in [3.8, 4) is 0 Å². The zero-order valence-electron chi connectivity index (χ0n) is 13.5. The van der Waals surface area contributed by atoms with Crippen molar-refractivity contribution in [3.05, 3.63) is 11.4 Å². The summed E-state index contributed by atoms with van der Waals surface area (Å²) in [6.07, 6.45) is 0. The molecule has 1 aromatic rings. The van der Waals surface area contributed by atoms with E-state index in [-0.39, 0.29) is 12.5 Å². The molecule has 1 rings (SSSR count). The molecule has 0 aromatic carbocycles. The molecular weight excluding hydrogens is 272 g/mol. The number of carbonyl (C=O) groups excluding carboxylic acids is 1. The molecule has 0 aliphatic heterocycles. The molecule has 0 spiro atoms. The van der Waals surface area contributed by atoms with Gasteiger partial charge in [0.25, 0.3) is 0 Å². The van der Waals surface area contributed by atoms with Gasteiger partial charge in [0, 0.05) is 7.05 Å². The number of aliphatic carboxylic acids is 1. The Morgan fingerprint density at radius 3 is 2.33 bits per heavy atom. The summed E-state index contributed by atoms with van der Waals surface area (Å²) in [6, 6.07) is 0. The Labute approximate surface area is 124 Å². The number of aryl methyl sites for hydroxylation is 2. The molecule has 1 heterocycles. The van der Waals surface area contributed by atoms with Crippen LogP contribution in [0.3, 0.4) is 0 Å². The quantitative estimate of drug-likeness (QED) is 0.822. The van der Waals surface area contributed by atoms with Gasteiger partial charge in [0.2, 0.25) is 5.91 Å². The second-order valence-corrected chi connectivity index (χ2v) is 5.60. The second kappa shape index (κ2) is 6.26. The van der Waals surface area contributed by atoms with Gasteiger partial charge in [-0.15, -0.1) is 0 Å². The third-order valence-corrected chi connectivity index (χ3v) is 3.80. The summed E-state index contributed by atoms with van der Waals surface area (Å²) >= 11 is 0. The number of hydrogen-bond acceptors (Lipinski definition) is 4. The number of rotatable bonds is 6. The number of carboxylic acid groups (broad SMARTS) is 1. The molecule has 0 aliphatic carbocycles. The lowest BCUT2D eigenvalue weighted by Crippen LogP contribution is -2.52. The number of anilines is 1. The van der Waals surface area contributed by atoms with Crippen molar-refractivity contribution in [1.82, 2.24) is 14.7 Å². The predicted molar refractivity (Wildman–Crippen MR) is 80.3 cm³/mol. The number of aromatic nitrogens is 2. The van der Waals surface area contributed by atoms with Gasteiger partial charge in [-0.25, -0.2) is 0 Å². The van der Waals surface area contributed by atoms with Gasteiger partial charge in [-0.2, -0.15) is 5.10 Å². The summed E-state index contributed by atoms with van der Waals surface area (Å²) < 4.78 is 1.70. The van der Waals surface area contributed by atoms with Crippen molar-refractivity contribution in [1.29, 1.82) is 0 Å². The smallest absolute Gasteiger partial charge is 0.323 e. The zero-order chi connectivity index (χ0) is 16.4.